The van der Waals surface area contributed by atoms with Crippen molar-refractivity contribution in [1.29, 1.82) is 0 Å². The number of thioether (sulfide) groups is 1. The molecule has 0 saturated carbocycles. The lowest BCUT2D eigenvalue weighted by atomic mass is 10.2. The molecule has 3 aromatic rings. The monoisotopic (exact) mass is 362 g/mol. The van der Waals surface area contributed by atoms with E-state index in [1.807, 2.05) is 17.5 Å². The number of nitrogens with one attached hydrogen (secondary N) is 1. The van der Waals surface area contributed by atoms with Crippen LogP contribution in [0.25, 0.3) is 0 Å². The number of benzene rings is 1. The van der Waals surface area contributed by atoms with Crippen LogP contribution in [0, 0.1) is 10.1 Å². The molecular formula is C15H14N4O3S2. The van der Waals surface area contributed by atoms with Gasteiger partial charge < -0.3 is 4.74 Å². The largest absolute Gasteiger partial charge is 0.496 e. The minimum Gasteiger partial charge on any atom is -0.496 e. The molecule has 9 heteroatoms. The predicted octanol–water partition coefficient (Wildman–Crippen LogP) is 3.67. The Hall–Kier alpha value is -2.39. The standard InChI is InChI=1S/C15H14N4O3S2/c1-22-13-5-4-11(19(20)21)7-10(13)9-24-15-16-14(17-18-15)8-12-3-2-6-23-12/h2-7H,8-9H2,1H3,(H,16,17,18). The first-order chi connectivity index (χ1) is 11.7. The second-order valence-corrected chi connectivity index (χ2v) is 6.84. The van der Waals surface area contributed by atoms with Crippen LogP contribution in [0.15, 0.2) is 40.9 Å². The summed E-state index contributed by atoms with van der Waals surface area (Å²) in [6.45, 7) is 0. The Labute approximate surface area is 146 Å². The normalized spacial score (nSPS) is 10.7. The number of hydrogen-bond acceptors (Lipinski definition) is 7. The van der Waals surface area contributed by atoms with E-state index in [0.717, 1.165) is 11.4 Å². The quantitative estimate of drug-likeness (QED) is 0.391. The van der Waals surface area contributed by atoms with Crippen LogP contribution in [-0.2, 0) is 12.2 Å². The molecule has 0 spiro atoms. The smallest absolute Gasteiger partial charge is 0.270 e. The van der Waals surface area contributed by atoms with Gasteiger partial charge in [0, 0.05) is 34.7 Å². The molecule has 3 rings (SSSR count). The number of rotatable bonds is 7. The molecule has 24 heavy (non-hydrogen) atoms. The summed E-state index contributed by atoms with van der Waals surface area (Å²) in [5.74, 6) is 1.90. The van der Waals surface area contributed by atoms with E-state index >= 15 is 0 Å². The number of nitro groups is 1. The molecule has 0 radical (unpaired) electrons. The van der Waals surface area contributed by atoms with Gasteiger partial charge in [-0.1, -0.05) is 17.8 Å². The van der Waals surface area contributed by atoms with Gasteiger partial charge in [0.15, 0.2) is 0 Å². The predicted molar refractivity (Wildman–Crippen MR) is 92.7 cm³/mol. The molecule has 0 fully saturated rings. The SMILES string of the molecule is COc1ccc([N+](=O)[O-])cc1CSc1n[nH]c(Cc2cccs2)n1. The van der Waals surface area contributed by atoms with Crippen LogP contribution in [0.1, 0.15) is 16.3 Å². The second kappa shape index (κ2) is 7.45. The van der Waals surface area contributed by atoms with Crippen molar-refractivity contribution < 1.29 is 9.66 Å². The van der Waals surface area contributed by atoms with Gasteiger partial charge in [-0.2, -0.15) is 0 Å². The van der Waals surface area contributed by atoms with Gasteiger partial charge in [0.05, 0.1) is 12.0 Å². The van der Waals surface area contributed by atoms with Gasteiger partial charge in [-0.15, -0.1) is 16.4 Å². The zero-order chi connectivity index (χ0) is 16.9. The highest BCUT2D eigenvalue weighted by molar-refractivity contribution is 7.98. The van der Waals surface area contributed by atoms with E-state index in [2.05, 4.69) is 15.2 Å². The van der Waals surface area contributed by atoms with Crippen LogP contribution in [0.3, 0.4) is 0 Å². The van der Waals surface area contributed by atoms with Crippen LogP contribution in [0.2, 0.25) is 0 Å². The van der Waals surface area contributed by atoms with Gasteiger partial charge >= 0.3 is 0 Å². The molecule has 0 aliphatic rings. The zero-order valence-corrected chi connectivity index (χ0v) is 14.4. The number of thiophene rings is 1. The van der Waals surface area contributed by atoms with Crippen molar-refractivity contribution in [1.82, 2.24) is 15.2 Å². The Balaban J connectivity index is 1.68. The first kappa shape index (κ1) is 16.5. The van der Waals surface area contributed by atoms with Crippen molar-refractivity contribution in [3.05, 3.63) is 62.1 Å². The molecule has 0 unspecified atom stereocenters. The fourth-order valence-electron chi connectivity index (χ4n) is 2.13. The number of aromatic nitrogens is 3. The molecule has 2 aromatic heterocycles. The number of nitro benzene ring substituents is 1. The van der Waals surface area contributed by atoms with Gasteiger partial charge in [0.25, 0.3) is 5.69 Å². The van der Waals surface area contributed by atoms with Crippen LogP contribution in [0.5, 0.6) is 5.75 Å². The van der Waals surface area contributed by atoms with Gasteiger partial charge in [-0.05, 0) is 17.5 Å². The summed E-state index contributed by atoms with van der Waals surface area (Å²) >= 11 is 3.08. The molecule has 0 aliphatic carbocycles. The maximum atomic E-state index is 10.9. The molecule has 0 amide bonds. The van der Waals surface area contributed by atoms with Gasteiger partial charge in [-0.3, -0.25) is 15.2 Å². The second-order valence-electron chi connectivity index (χ2n) is 4.86. The van der Waals surface area contributed by atoms with Crippen molar-refractivity contribution in [3.8, 4) is 5.75 Å². The van der Waals surface area contributed by atoms with E-state index < -0.39 is 4.92 Å². The molecule has 1 aromatic carbocycles. The van der Waals surface area contributed by atoms with Gasteiger partial charge in [0.1, 0.15) is 11.6 Å². The molecule has 2 heterocycles. The molecular weight excluding hydrogens is 348 g/mol. The lowest BCUT2D eigenvalue weighted by molar-refractivity contribution is -0.384. The first-order valence-electron chi connectivity index (χ1n) is 7.03. The van der Waals surface area contributed by atoms with Crippen molar-refractivity contribution in [2.24, 2.45) is 0 Å². The molecule has 7 nitrogen and oxygen atoms in total. The lowest BCUT2D eigenvalue weighted by Gasteiger charge is -2.06. The van der Waals surface area contributed by atoms with Crippen LogP contribution >= 0.6 is 23.1 Å². The molecule has 0 aliphatic heterocycles. The summed E-state index contributed by atoms with van der Waals surface area (Å²) < 4.78 is 5.26. The Morgan fingerprint density at radius 2 is 2.29 bits per heavy atom. The van der Waals surface area contributed by atoms with E-state index in [9.17, 15) is 10.1 Å². The number of ether oxygens (including phenoxy) is 1. The third kappa shape index (κ3) is 3.92. The summed E-state index contributed by atoms with van der Waals surface area (Å²) in [6.07, 6.45) is 0.714. The Morgan fingerprint density at radius 3 is 3.00 bits per heavy atom. The minimum atomic E-state index is -0.417. The molecule has 1 N–H and O–H groups in total. The maximum Gasteiger partial charge on any atom is 0.270 e. The number of H-pyrrole nitrogens is 1. The summed E-state index contributed by atoms with van der Waals surface area (Å²) in [5.41, 5.74) is 0.779. The fraction of sp³-hybridized carbons (Fsp3) is 0.200. The molecule has 0 bridgehead atoms. The Bertz CT molecular complexity index is 833. The van der Waals surface area contributed by atoms with Crippen molar-refractivity contribution >= 4 is 28.8 Å². The average Bonchev–Trinajstić information content (AvgIpc) is 3.25. The third-order valence-electron chi connectivity index (χ3n) is 3.26. The van der Waals surface area contributed by atoms with Crippen LogP contribution < -0.4 is 4.74 Å². The van der Waals surface area contributed by atoms with Crippen LogP contribution in [-0.4, -0.2) is 27.2 Å². The average molecular weight is 362 g/mol. The highest BCUT2D eigenvalue weighted by atomic mass is 32.2. The van der Waals surface area contributed by atoms with E-state index in [1.54, 1.807) is 24.5 Å². The summed E-state index contributed by atoms with van der Waals surface area (Å²) in [7, 11) is 1.54. The molecule has 124 valence electrons. The Morgan fingerprint density at radius 1 is 1.42 bits per heavy atom. The highest BCUT2D eigenvalue weighted by Crippen LogP contribution is 2.29. The summed E-state index contributed by atoms with van der Waals surface area (Å²) in [6, 6.07) is 8.60. The zero-order valence-electron chi connectivity index (χ0n) is 12.8. The summed E-state index contributed by atoms with van der Waals surface area (Å²) in [4.78, 5) is 16.1. The molecule has 0 atom stereocenters. The number of methoxy groups -OCH3 is 1. The summed E-state index contributed by atoms with van der Waals surface area (Å²) in [5, 5.41) is 20.6. The van der Waals surface area contributed by atoms with E-state index in [4.69, 9.17) is 4.74 Å². The molecule has 0 saturated heterocycles. The van der Waals surface area contributed by atoms with Crippen LogP contribution in [0.4, 0.5) is 5.69 Å². The number of non-ortho nitro benzene ring substituents is 1. The van der Waals surface area contributed by atoms with E-state index in [0.29, 0.717) is 23.1 Å². The highest BCUT2D eigenvalue weighted by Gasteiger charge is 2.13. The van der Waals surface area contributed by atoms with Gasteiger partial charge in [0.2, 0.25) is 5.16 Å². The van der Waals surface area contributed by atoms with E-state index in [-0.39, 0.29) is 5.69 Å². The first-order valence-corrected chi connectivity index (χ1v) is 8.90. The number of aromatic amines is 1. The van der Waals surface area contributed by atoms with Crippen molar-refractivity contribution in [2.45, 2.75) is 17.3 Å². The minimum absolute atomic E-state index is 0.0415. The third-order valence-corrected chi connectivity index (χ3v) is 5.04. The topological polar surface area (TPSA) is 93.9 Å². The Kier molecular flexibility index (Phi) is 5.11. The fourth-order valence-corrected chi connectivity index (χ4v) is 3.64. The lowest BCUT2D eigenvalue weighted by Crippen LogP contribution is -1.94. The van der Waals surface area contributed by atoms with Crippen molar-refractivity contribution in [3.63, 3.8) is 0 Å². The number of hydrogen-bond donors (Lipinski definition) is 1. The van der Waals surface area contributed by atoms with Gasteiger partial charge in [-0.25, -0.2) is 4.98 Å². The number of nitrogens with zero attached hydrogens (tertiary/aromatic N) is 3. The van der Waals surface area contributed by atoms with Crippen molar-refractivity contribution in [2.75, 3.05) is 7.11 Å². The maximum absolute atomic E-state index is 10.9. The van der Waals surface area contributed by atoms with E-state index in [1.165, 1.54) is 28.8 Å².